The largest absolute Gasteiger partial charge is 0.493 e. The van der Waals surface area contributed by atoms with Gasteiger partial charge in [-0.15, -0.1) is 10.3 Å². The van der Waals surface area contributed by atoms with Crippen LogP contribution in [0.15, 0.2) is 36.4 Å². The maximum absolute atomic E-state index is 14.0. The summed E-state index contributed by atoms with van der Waals surface area (Å²) >= 11 is 0. The van der Waals surface area contributed by atoms with Gasteiger partial charge < -0.3 is 28.4 Å². The van der Waals surface area contributed by atoms with Crippen molar-refractivity contribution in [1.82, 2.24) is 5.06 Å². The lowest BCUT2D eigenvalue weighted by molar-refractivity contribution is -0.294. The van der Waals surface area contributed by atoms with E-state index < -0.39 is 29.2 Å². The molecular formula is C33H40NO8. The first kappa shape index (κ1) is 28.7. The molecule has 6 rings (SSSR count). The third-order valence-corrected chi connectivity index (χ3v) is 9.20. The smallest absolute Gasteiger partial charge is 0.309 e. The molecule has 42 heavy (non-hydrogen) atoms. The van der Waals surface area contributed by atoms with Gasteiger partial charge in [-0.25, -0.2) is 0 Å². The fourth-order valence-electron chi connectivity index (χ4n) is 7.29. The highest BCUT2D eigenvalue weighted by Crippen LogP contribution is 2.55. The van der Waals surface area contributed by atoms with E-state index in [0.29, 0.717) is 42.3 Å². The summed E-state index contributed by atoms with van der Waals surface area (Å²) < 4.78 is 36.7. The van der Waals surface area contributed by atoms with Crippen molar-refractivity contribution in [1.29, 1.82) is 0 Å². The average Bonchev–Trinajstić information content (AvgIpc) is 3.40. The summed E-state index contributed by atoms with van der Waals surface area (Å²) in [6.45, 7) is 13.8. The lowest BCUT2D eigenvalue weighted by Gasteiger charge is -2.49. The fourth-order valence-corrected chi connectivity index (χ4v) is 7.29. The molecule has 2 aromatic carbocycles. The lowest BCUT2D eigenvalue weighted by atomic mass is 9.75. The summed E-state index contributed by atoms with van der Waals surface area (Å²) in [6, 6.07) is 7.56. The van der Waals surface area contributed by atoms with Crippen molar-refractivity contribution < 1.29 is 38.4 Å². The van der Waals surface area contributed by atoms with E-state index >= 15 is 0 Å². The number of methoxy groups -OCH3 is 2. The lowest BCUT2D eigenvalue weighted by Crippen LogP contribution is -2.59. The summed E-state index contributed by atoms with van der Waals surface area (Å²) in [5, 5.41) is 14.1. The van der Waals surface area contributed by atoms with E-state index in [2.05, 4.69) is 6.58 Å². The van der Waals surface area contributed by atoms with E-state index in [0.717, 1.165) is 33.1 Å². The molecule has 0 N–H and O–H groups in total. The molecular weight excluding hydrogens is 538 g/mol. The molecule has 1 fully saturated rings. The second-order valence-corrected chi connectivity index (χ2v) is 13.2. The number of benzene rings is 2. The maximum Gasteiger partial charge on any atom is 0.309 e. The Kier molecular flexibility index (Phi) is 6.89. The van der Waals surface area contributed by atoms with Crippen LogP contribution in [0.25, 0.3) is 0 Å². The summed E-state index contributed by atoms with van der Waals surface area (Å²) in [7, 11) is 3.17. The van der Waals surface area contributed by atoms with Gasteiger partial charge in [0.05, 0.1) is 26.1 Å². The first-order valence-corrected chi connectivity index (χ1v) is 14.6. The highest BCUT2D eigenvalue weighted by atomic mass is 16.6. The van der Waals surface area contributed by atoms with Crippen LogP contribution < -0.4 is 23.7 Å². The summed E-state index contributed by atoms with van der Waals surface area (Å²) in [5.74, 6) is 2.06. The number of carbonyl (C=O) groups is 1. The number of fused-ring (bicyclic) bond motifs is 6. The monoisotopic (exact) mass is 578 g/mol. The zero-order chi connectivity index (χ0) is 30.1. The van der Waals surface area contributed by atoms with E-state index in [1.165, 1.54) is 0 Å². The second-order valence-electron chi connectivity index (χ2n) is 13.2. The molecule has 0 amide bonds. The van der Waals surface area contributed by atoms with Gasteiger partial charge in [-0.3, -0.25) is 4.79 Å². The van der Waals surface area contributed by atoms with Crippen LogP contribution in [0.1, 0.15) is 76.2 Å². The van der Waals surface area contributed by atoms with Gasteiger partial charge in [0.1, 0.15) is 42.2 Å². The Morgan fingerprint density at radius 2 is 1.64 bits per heavy atom. The van der Waals surface area contributed by atoms with E-state index in [9.17, 15) is 10.0 Å². The molecule has 0 bridgehead atoms. The van der Waals surface area contributed by atoms with Crippen molar-refractivity contribution >= 4 is 5.97 Å². The number of esters is 1. The molecule has 225 valence electrons. The minimum atomic E-state index is -0.702. The quantitative estimate of drug-likeness (QED) is 0.329. The van der Waals surface area contributed by atoms with E-state index in [-0.39, 0.29) is 24.6 Å². The number of hydrogen-bond donors (Lipinski definition) is 0. The van der Waals surface area contributed by atoms with Gasteiger partial charge in [-0.1, -0.05) is 6.58 Å². The number of piperidine rings is 1. The van der Waals surface area contributed by atoms with E-state index in [1.54, 1.807) is 14.2 Å². The predicted molar refractivity (Wildman–Crippen MR) is 154 cm³/mol. The van der Waals surface area contributed by atoms with Crippen LogP contribution >= 0.6 is 0 Å². The molecule has 1 radical (unpaired) electrons. The molecule has 4 aliphatic heterocycles. The molecule has 0 saturated carbocycles. The molecule has 9 heteroatoms. The van der Waals surface area contributed by atoms with Gasteiger partial charge in [-0.2, -0.15) is 0 Å². The summed E-state index contributed by atoms with van der Waals surface area (Å²) in [6.07, 6.45) is 0.220. The Bertz CT molecular complexity index is 1410. The number of hydrogen-bond acceptors (Lipinski definition) is 8. The molecule has 0 aliphatic carbocycles. The van der Waals surface area contributed by atoms with Crippen LogP contribution in [0, 0.1) is 5.92 Å². The SMILES string of the molecule is C=C(C)[C@H]1Cc2c(ccc3c2O[C@@H]2COc4cc(OC)c(OC)cc4[C@@H]2[C@@H]3OC(=O)C2CC(C)(C)N([O])C(C)(C)C2)O1. The second kappa shape index (κ2) is 10.1. The molecule has 4 heterocycles. The highest BCUT2D eigenvalue weighted by molar-refractivity contribution is 5.74. The molecule has 0 unspecified atom stereocenters. The number of nitrogens with zero attached hydrogens (tertiary/aromatic N) is 1. The molecule has 4 atom stereocenters. The Hall–Kier alpha value is -3.43. The number of ether oxygens (including phenoxy) is 6. The van der Waals surface area contributed by atoms with E-state index in [1.807, 2.05) is 58.9 Å². The summed E-state index contributed by atoms with van der Waals surface area (Å²) in [5.41, 5.74) is 2.08. The summed E-state index contributed by atoms with van der Waals surface area (Å²) in [4.78, 5) is 14.0. The third-order valence-electron chi connectivity index (χ3n) is 9.20. The van der Waals surface area contributed by atoms with Crippen LogP contribution in [-0.4, -0.2) is 55.1 Å². The van der Waals surface area contributed by atoms with Crippen molar-refractivity contribution in [2.75, 3.05) is 20.8 Å². The van der Waals surface area contributed by atoms with Gasteiger partial charge in [0.25, 0.3) is 0 Å². The van der Waals surface area contributed by atoms with Crippen molar-refractivity contribution in [2.24, 2.45) is 5.92 Å². The minimum Gasteiger partial charge on any atom is -0.493 e. The van der Waals surface area contributed by atoms with Crippen LogP contribution in [-0.2, 0) is 21.2 Å². The standard InChI is InChI=1S/C33H40NO8/c1-17(2)23-12-21-22(40-23)10-9-19-29(21)41-27-16-39-24-13-26(38-8)25(37-7)11-20(24)28(27)30(19)42-31(35)18-14-32(3,4)34(36)33(5,6)15-18/h9-11,13,18,23,27-28,30H,1,12,14-16H2,2-8H3/t23-,27-,28+,30-/m1/s1. The third kappa shape index (κ3) is 4.57. The highest BCUT2D eigenvalue weighted by Gasteiger charge is 2.52. The molecule has 1 saturated heterocycles. The molecule has 0 aromatic heterocycles. The van der Waals surface area contributed by atoms with Crippen molar-refractivity contribution in [2.45, 2.75) is 89.2 Å². The van der Waals surface area contributed by atoms with Gasteiger partial charge in [0.2, 0.25) is 0 Å². The Labute approximate surface area is 247 Å². The molecule has 2 aromatic rings. The maximum atomic E-state index is 14.0. The molecule has 9 nitrogen and oxygen atoms in total. The number of hydroxylamine groups is 2. The normalized spacial score (nSPS) is 27.1. The molecule has 4 aliphatic rings. The van der Waals surface area contributed by atoms with Crippen molar-refractivity contribution in [3.63, 3.8) is 0 Å². The average molecular weight is 579 g/mol. The molecule has 0 spiro atoms. The first-order valence-electron chi connectivity index (χ1n) is 14.6. The fraction of sp³-hybridized carbons (Fsp3) is 0.545. The predicted octanol–water partition coefficient (Wildman–Crippen LogP) is 5.72. The Balaban J connectivity index is 1.43. The van der Waals surface area contributed by atoms with Crippen LogP contribution in [0.3, 0.4) is 0 Å². The van der Waals surface area contributed by atoms with Gasteiger partial charge in [0, 0.05) is 40.3 Å². The van der Waals surface area contributed by atoms with Crippen LogP contribution in [0.5, 0.6) is 28.7 Å². The van der Waals surface area contributed by atoms with Crippen molar-refractivity contribution in [3.8, 4) is 28.7 Å². The van der Waals surface area contributed by atoms with Gasteiger partial charge >= 0.3 is 5.97 Å². The Morgan fingerprint density at radius 3 is 2.29 bits per heavy atom. The Morgan fingerprint density at radius 1 is 0.976 bits per heavy atom. The van der Waals surface area contributed by atoms with Crippen molar-refractivity contribution in [3.05, 3.63) is 53.1 Å². The zero-order valence-corrected chi connectivity index (χ0v) is 25.4. The van der Waals surface area contributed by atoms with Gasteiger partial charge in [0.15, 0.2) is 11.5 Å². The number of rotatable bonds is 5. The minimum absolute atomic E-state index is 0.143. The first-order chi connectivity index (χ1) is 19.8. The zero-order valence-electron chi connectivity index (χ0n) is 25.4. The topological polar surface area (TPSA) is 95.6 Å². The van der Waals surface area contributed by atoms with E-state index in [4.69, 9.17) is 28.4 Å². The van der Waals surface area contributed by atoms with Gasteiger partial charge in [-0.05, 0) is 71.2 Å². The number of carbonyl (C=O) groups excluding carboxylic acids is 1. The van der Waals surface area contributed by atoms with Crippen LogP contribution in [0.2, 0.25) is 0 Å². The van der Waals surface area contributed by atoms with Crippen LogP contribution in [0.4, 0.5) is 0 Å².